The van der Waals surface area contributed by atoms with Gasteiger partial charge in [-0.05, 0) is 181 Å². The zero-order valence-electron chi connectivity index (χ0n) is 62.5. The fourth-order valence-electron chi connectivity index (χ4n) is 18.3. The predicted octanol–water partition coefficient (Wildman–Crippen LogP) is 26.0. The van der Waals surface area contributed by atoms with E-state index >= 15 is 0 Å². The van der Waals surface area contributed by atoms with Crippen LogP contribution in [0.2, 0.25) is 0 Å². The Morgan fingerprint density at radius 3 is 0.773 bits per heavy atom. The predicted molar refractivity (Wildman–Crippen MR) is 468 cm³/mol. The summed E-state index contributed by atoms with van der Waals surface area (Å²) >= 11 is 0. The molecule has 522 valence electrons. The summed E-state index contributed by atoms with van der Waals surface area (Å²) in [6.45, 7) is 13.9. The van der Waals surface area contributed by atoms with Gasteiger partial charge in [-0.2, -0.15) is 0 Å². The Hall–Kier alpha value is -13.4. The zero-order valence-corrected chi connectivity index (χ0v) is 62.5. The molecule has 0 bridgehead atoms. The molecule has 5 heterocycles. The molecule has 2 aliphatic heterocycles. The minimum Gasteiger partial charge on any atom is -0.310 e. The van der Waals surface area contributed by atoms with Crippen molar-refractivity contribution in [2.24, 2.45) is 0 Å². The molecule has 3 aromatic heterocycles. The van der Waals surface area contributed by atoms with Crippen LogP contribution in [0.25, 0.3) is 138 Å². The Labute approximate surface area is 642 Å². The van der Waals surface area contributed by atoms with Crippen LogP contribution >= 0.6 is 0 Å². The fourth-order valence-corrected chi connectivity index (χ4v) is 18.3. The van der Waals surface area contributed by atoms with Crippen LogP contribution in [0.4, 0.5) is 34.1 Å². The molecule has 0 saturated carbocycles. The molecule has 19 aromatic rings. The van der Waals surface area contributed by atoms with Crippen molar-refractivity contribution >= 4 is 123 Å². The number of anilines is 6. The van der Waals surface area contributed by atoms with Crippen molar-refractivity contribution in [1.82, 2.24) is 13.7 Å². The summed E-state index contributed by atoms with van der Waals surface area (Å²) in [5.41, 5.74) is 34.0. The van der Waals surface area contributed by atoms with Gasteiger partial charge in [-0.25, -0.2) is 0 Å². The van der Waals surface area contributed by atoms with Gasteiger partial charge in [-0.3, -0.25) is 0 Å². The molecule has 0 amide bonds. The molecule has 6 heteroatoms. The second-order valence-corrected chi connectivity index (χ2v) is 32.0. The van der Waals surface area contributed by atoms with Crippen LogP contribution in [-0.4, -0.2) is 20.4 Å². The molecule has 0 saturated heterocycles. The van der Waals surface area contributed by atoms with Crippen molar-refractivity contribution in [3.8, 4) is 72.7 Å². The maximum atomic E-state index is 2.73. The largest absolute Gasteiger partial charge is 0.310 e. The first-order valence-electron chi connectivity index (χ1n) is 38.6. The van der Waals surface area contributed by atoms with Gasteiger partial charge in [0, 0.05) is 94.4 Å². The molecule has 110 heavy (non-hydrogen) atoms. The van der Waals surface area contributed by atoms with Crippen LogP contribution in [-0.2, 0) is 10.8 Å². The SMILES string of the molecule is CC(C)(C)c1cc(-c2ccccc2)c(N2c3cc(-n4c5ccccc5c5ccccc54)ccc3B3c4ccc(-n5c6ccccc6c6ccccc65)cc4N(c4c(-c5ccccc5)cc(C(C)(C)C)cc4-c4ccccc4)c4cc(-c5ccc(-n6c7ccccc7c7ccccc76)cc5)cc2c43)c(-c2ccccc2)c1. The third-order valence-electron chi connectivity index (χ3n) is 23.5. The highest BCUT2D eigenvalue weighted by atomic mass is 15.2. The maximum Gasteiger partial charge on any atom is 0.252 e. The molecule has 0 spiro atoms. The van der Waals surface area contributed by atoms with E-state index in [0.29, 0.717) is 0 Å². The molecule has 0 N–H and O–H groups in total. The lowest BCUT2D eigenvalue weighted by atomic mass is 9.33. The molecule has 0 radical (unpaired) electrons. The number of hydrogen-bond donors (Lipinski definition) is 0. The van der Waals surface area contributed by atoms with Gasteiger partial charge in [0.15, 0.2) is 0 Å². The molecule has 16 aromatic carbocycles. The molecular weight excluding hydrogens is 1330 g/mol. The monoisotopic (exact) mass is 1410 g/mol. The Kier molecular flexibility index (Phi) is 14.8. The second-order valence-electron chi connectivity index (χ2n) is 32.0. The Balaban J connectivity index is 0.948. The number of fused-ring (bicyclic) bond motifs is 13. The van der Waals surface area contributed by atoms with E-state index in [1.165, 1.54) is 70.9 Å². The second kappa shape index (κ2) is 25.1. The van der Waals surface area contributed by atoms with E-state index in [4.69, 9.17) is 0 Å². The van der Waals surface area contributed by atoms with Crippen LogP contribution < -0.4 is 26.2 Å². The fraction of sp³-hybridized carbons (Fsp3) is 0.0769. The molecule has 0 fully saturated rings. The van der Waals surface area contributed by atoms with Crippen molar-refractivity contribution in [3.05, 3.63) is 375 Å². The number of para-hydroxylation sites is 6. The summed E-state index contributed by atoms with van der Waals surface area (Å²) in [5.74, 6) is 0. The van der Waals surface area contributed by atoms with Crippen molar-refractivity contribution in [1.29, 1.82) is 0 Å². The van der Waals surface area contributed by atoms with Crippen LogP contribution in [0, 0.1) is 0 Å². The first kappa shape index (κ1) is 64.9. The molecule has 0 unspecified atom stereocenters. The molecule has 0 atom stereocenters. The van der Waals surface area contributed by atoms with E-state index in [-0.39, 0.29) is 17.5 Å². The molecule has 0 aliphatic carbocycles. The average molecular weight is 1410 g/mol. The van der Waals surface area contributed by atoms with E-state index in [1.54, 1.807) is 0 Å². The number of benzene rings is 16. The Morgan fingerprint density at radius 2 is 0.482 bits per heavy atom. The summed E-state index contributed by atoms with van der Waals surface area (Å²) in [6.07, 6.45) is 0. The van der Waals surface area contributed by atoms with Gasteiger partial charge in [0.05, 0.1) is 44.5 Å². The number of hydrogen-bond acceptors (Lipinski definition) is 2. The van der Waals surface area contributed by atoms with Gasteiger partial charge in [-0.15, -0.1) is 0 Å². The van der Waals surface area contributed by atoms with E-state index < -0.39 is 0 Å². The lowest BCUT2D eigenvalue weighted by Crippen LogP contribution is -2.61. The first-order chi connectivity index (χ1) is 53.9. The topological polar surface area (TPSA) is 21.3 Å². The number of rotatable bonds is 10. The van der Waals surface area contributed by atoms with Crippen molar-refractivity contribution in [2.75, 3.05) is 9.80 Å². The highest BCUT2D eigenvalue weighted by Crippen LogP contribution is 2.56. The highest BCUT2D eigenvalue weighted by molar-refractivity contribution is 7.00. The van der Waals surface area contributed by atoms with Crippen molar-refractivity contribution in [2.45, 2.75) is 52.4 Å². The van der Waals surface area contributed by atoms with Gasteiger partial charge >= 0.3 is 0 Å². The third-order valence-corrected chi connectivity index (χ3v) is 23.5. The summed E-state index contributed by atoms with van der Waals surface area (Å²) in [6, 6.07) is 138. The van der Waals surface area contributed by atoms with Crippen molar-refractivity contribution in [3.63, 3.8) is 0 Å². The highest BCUT2D eigenvalue weighted by Gasteiger charge is 2.46. The summed E-state index contributed by atoms with van der Waals surface area (Å²) < 4.78 is 7.44. The molecular formula is C104H78BN5. The summed E-state index contributed by atoms with van der Waals surface area (Å²) in [5, 5.41) is 7.35. The van der Waals surface area contributed by atoms with Gasteiger partial charge in [-0.1, -0.05) is 296 Å². The van der Waals surface area contributed by atoms with E-state index in [1.807, 2.05) is 0 Å². The maximum absolute atomic E-state index is 2.73. The van der Waals surface area contributed by atoms with E-state index in [0.717, 1.165) is 129 Å². The standard InChI is InChI=1S/C104H78BN5/c1-103(2,3)73-61-84(68-31-11-7-12-32-68)101(85(62-73)69-33-13-8-14-34-69)109-96-65-76(107-92-47-27-21-41-80(92)81-42-22-28-48-93(81)107)55-57-88(96)105-89-58-56-77(108-94-49-29-23-43-82(94)83-44-24-30-50-95(83)108)66-97(89)110(102-86(70-35-15-9-16-36-70)63-74(104(4,5)6)64-87(102)71-37-17-10-18-38-71)99-60-72(59-98(109)100(99)105)67-51-53-75(54-52-67)106-90-45-25-19-39-78(90)79-40-20-26-46-91(79)106/h7-66H,1-6H3. The number of nitrogens with zero attached hydrogens (tertiary/aromatic N) is 5. The summed E-state index contributed by atoms with van der Waals surface area (Å²) in [4.78, 5) is 5.45. The minimum atomic E-state index is -0.285. The van der Waals surface area contributed by atoms with Gasteiger partial charge < -0.3 is 23.5 Å². The third kappa shape index (κ3) is 10.2. The smallest absolute Gasteiger partial charge is 0.252 e. The summed E-state index contributed by atoms with van der Waals surface area (Å²) in [7, 11) is 0. The van der Waals surface area contributed by atoms with Crippen LogP contribution in [0.3, 0.4) is 0 Å². The van der Waals surface area contributed by atoms with Crippen LogP contribution in [0.1, 0.15) is 52.7 Å². The van der Waals surface area contributed by atoms with Crippen LogP contribution in [0.5, 0.6) is 0 Å². The molecule has 5 nitrogen and oxygen atoms in total. The Bertz CT molecular complexity index is 6290. The quantitative estimate of drug-likeness (QED) is 0.127. The lowest BCUT2D eigenvalue weighted by molar-refractivity contribution is 0.590. The van der Waals surface area contributed by atoms with Crippen LogP contribution in [0.15, 0.2) is 364 Å². The lowest BCUT2D eigenvalue weighted by Gasteiger charge is -2.46. The minimum absolute atomic E-state index is 0.220. The van der Waals surface area contributed by atoms with E-state index in [2.05, 4.69) is 429 Å². The number of aromatic nitrogens is 3. The van der Waals surface area contributed by atoms with E-state index in [9.17, 15) is 0 Å². The van der Waals surface area contributed by atoms with Crippen molar-refractivity contribution < 1.29 is 0 Å². The Morgan fingerprint density at radius 1 is 0.218 bits per heavy atom. The average Bonchev–Trinajstić information content (AvgIpc) is 0.844. The molecule has 2 aliphatic rings. The molecule has 21 rings (SSSR count). The normalized spacial score (nSPS) is 12.8. The first-order valence-corrected chi connectivity index (χ1v) is 38.6. The van der Waals surface area contributed by atoms with Gasteiger partial charge in [0.2, 0.25) is 0 Å². The van der Waals surface area contributed by atoms with Gasteiger partial charge in [0.25, 0.3) is 6.71 Å². The zero-order chi connectivity index (χ0) is 73.7. The van der Waals surface area contributed by atoms with Gasteiger partial charge in [0.1, 0.15) is 0 Å².